The molecule has 0 radical (unpaired) electrons. The fourth-order valence-electron chi connectivity index (χ4n) is 1.50. The van der Waals surface area contributed by atoms with Crippen molar-refractivity contribution in [1.82, 2.24) is 0 Å². The van der Waals surface area contributed by atoms with Crippen molar-refractivity contribution < 1.29 is 4.74 Å². The molecule has 0 amide bonds. The second kappa shape index (κ2) is 7.05. The van der Waals surface area contributed by atoms with Crippen LogP contribution >= 0.6 is 0 Å². The number of ether oxygens (including phenoxy) is 1. The first-order chi connectivity index (χ1) is 6.54. The van der Waals surface area contributed by atoms with E-state index in [9.17, 15) is 0 Å². The Balaban J connectivity index is 3.79. The van der Waals surface area contributed by atoms with Crippen molar-refractivity contribution in [3.63, 3.8) is 0 Å². The van der Waals surface area contributed by atoms with E-state index in [0.717, 1.165) is 18.8 Å². The summed E-state index contributed by atoms with van der Waals surface area (Å²) in [5.41, 5.74) is 0.0586. The zero-order valence-corrected chi connectivity index (χ0v) is 10.3. The molecule has 0 heterocycles. The smallest absolute Gasteiger partial charge is 0.0656 e. The van der Waals surface area contributed by atoms with Crippen LogP contribution in [0.5, 0.6) is 0 Å². The molecule has 84 valence electrons. The van der Waals surface area contributed by atoms with Crippen LogP contribution in [-0.2, 0) is 4.74 Å². The summed E-state index contributed by atoms with van der Waals surface area (Å²) in [6, 6.07) is 0. The minimum Gasteiger partial charge on any atom is -0.371 e. The molecule has 0 N–H and O–H groups in total. The zero-order chi connectivity index (χ0) is 11.0. The SMILES string of the molecule is C=CCOC(C)(CC)CCCC(C)C. The molecule has 0 spiro atoms. The Morgan fingerprint density at radius 3 is 2.50 bits per heavy atom. The molecule has 0 aromatic heterocycles. The van der Waals surface area contributed by atoms with Crippen molar-refractivity contribution in [2.75, 3.05) is 6.61 Å². The van der Waals surface area contributed by atoms with Gasteiger partial charge in [-0.1, -0.05) is 39.7 Å². The standard InChI is InChI=1S/C13H26O/c1-6-11-14-13(5,7-2)10-8-9-12(3)4/h6,12H,1,7-11H2,2-5H3. The van der Waals surface area contributed by atoms with Gasteiger partial charge in [-0.25, -0.2) is 0 Å². The van der Waals surface area contributed by atoms with Crippen molar-refractivity contribution in [3.05, 3.63) is 12.7 Å². The topological polar surface area (TPSA) is 9.23 Å². The Bertz CT molecular complexity index is 151. The summed E-state index contributed by atoms with van der Waals surface area (Å²) in [7, 11) is 0. The number of hydrogen-bond acceptors (Lipinski definition) is 1. The second-order valence-corrected chi connectivity index (χ2v) is 4.69. The van der Waals surface area contributed by atoms with Crippen LogP contribution in [0, 0.1) is 5.92 Å². The van der Waals surface area contributed by atoms with E-state index in [0.29, 0.717) is 6.61 Å². The average Bonchev–Trinajstić information content (AvgIpc) is 2.14. The fourth-order valence-corrected chi connectivity index (χ4v) is 1.50. The zero-order valence-electron chi connectivity index (χ0n) is 10.3. The van der Waals surface area contributed by atoms with E-state index >= 15 is 0 Å². The van der Waals surface area contributed by atoms with Crippen LogP contribution < -0.4 is 0 Å². The molecule has 0 rings (SSSR count). The van der Waals surface area contributed by atoms with E-state index in [1.807, 2.05) is 6.08 Å². The van der Waals surface area contributed by atoms with Crippen molar-refractivity contribution >= 4 is 0 Å². The van der Waals surface area contributed by atoms with Gasteiger partial charge in [-0.2, -0.15) is 0 Å². The third kappa shape index (κ3) is 6.20. The lowest BCUT2D eigenvalue weighted by molar-refractivity contribution is -0.0274. The molecule has 0 saturated carbocycles. The van der Waals surface area contributed by atoms with Crippen LogP contribution in [0.3, 0.4) is 0 Å². The van der Waals surface area contributed by atoms with Gasteiger partial charge in [-0.05, 0) is 25.7 Å². The predicted octanol–water partition coefficient (Wildman–Crippen LogP) is 4.18. The molecule has 0 aromatic carbocycles. The van der Waals surface area contributed by atoms with E-state index in [-0.39, 0.29) is 5.60 Å². The summed E-state index contributed by atoms with van der Waals surface area (Å²) >= 11 is 0. The predicted molar refractivity (Wildman–Crippen MR) is 63.5 cm³/mol. The second-order valence-electron chi connectivity index (χ2n) is 4.69. The average molecular weight is 198 g/mol. The van der Waals surface area contributed by atoms with Gasteiger partial charge in [0.05, 0.1) is 12.2 Å². The van der Waals surface area contributed by atoms with Gasteiger partial charge in [0.1, 0.15) is 0 Å². The molecule has 14 heavy (non-hydrogen) atoms. The Morgan fingerprint density at radius 2 is 2.07 bits per heavy atom. The number of hydrogen-bond donors (Lipinski definition) is 0. The third-order valence-corrected chi connectivity index (χ3v) is 2.78. The van der Waals surface area contributed by atoms with Crippen molar-refractivity contribution in [1.29, 1.82) is 0 Å². The highest BCUT2D eigenvalue weighted by Gasteiger charge is 2.21. The normalized spacial score (nSPS) is 15.5. The summed E-state index contributed by atoms with van der Waals surface area (Å²) in [5.74, 6) is 0.801. The Morgan fingerprint density at radius 1 is 1.43 bits per heavy atom. The summed E-state index contributed by atoms with van der Waals surface area (Å²) in [4.78, 5) is 0. The highest BCUT2D eigenvalue weighted by molar-refractivity contribution is 4.76. The van der Waals surface area contributed by atoms with Crippen molar-refractivity contribution in [2.45, 2.75) is 59.0 Å². The van der Waals surface area contributed by atoms with E-state index in [1.54, 1.807) is 0 Å². The molecule has 1 unspecified atom stereocenters. The fraction of sp³-hybridized carbons (Fsp3) is 0.846. The summed E-state index contributed by atoms with van der Waals surface area (Å²) in [5, 5.41) is 0. The van der Waals surface area contributed by atoms with Crippen LogP contribution in [0.25, 0.3) is 0 Å². The van der Waals surface area contributed by atoms with Crippen LogP contribution in [-0.4, -0.2) is 12.2 Å². The van der Waals surface area contributed by atoms with Gasteiger partial charge in [-0.15, -0.1) is 6.58 Å². The lowest BCUT2D eigenvalue weighted by atomic mass is 9.93. The molecular formula is C13H26O. The highest BCUT2D eigenvalue weighted by Crippen LogP contribution is 2.23. The van der Waals surface area contributed by atoms with Crippen LogP contribution in [0.4, 0.5) is 0 Å². The number of rotatable bonds is 8. The summed E-state index contributed by atoms with van der Waals surface area (Å²) in [6.07, 6.45) is 6.64. The van der Waals surface area contributed by atoms with Crippen molar-refractivity contribution in [3.8, 4) is 0 Å². The molecular weight excluding hydrogens is 172 g/mol. The van der Waals surface area contributed by atoms with Gasteiger partial charge < -0.3 is 4.74 Å². The lowest BCUT2D eigenvalue weighted by Gasteiger charge is -2.28. The molecule has 0 aliphatic carbocycles. The first kappa shape index (κ1) is 13.7. The Kier molecular flexibility index (Phi) is 6.90. The van der Waals surface area contributed by atoms with E-state index < -0.39 is 0 Å². The quantitative estimate of drug-likeness (QED) is 0.531. The van der Waals surface area contributed by atoms with Gasteiger partial charge in [0, 0.05) is 0 Å². The van der Waals surface area contributed by atoms with Crippen molar-refractivity contribution in [2.24, 2.45) is 5.92 Å². The van der Waals surface area contributed by atoms with E-state index in [1.165, 1.54) is 12.8 Å². The van der Waals surface area contributed by atoms with Crippen LogP contribution in [0.1, 0.15) is 53.4 Å². The molecule has 0 aromatic rings. The highest BCUT2D eigenvalue weighted by atomic mass is 16.5. The van der Waals surface area contributed by atoms with Gasteiger partial charge in [0.15, 0.2) is 0 Å². The van der Waals surface area contributed by atoms with Crippen LogP contribution in [0.2, 0.25) is 0 Å². The van der Waals surface area contributed by atoms with Gasteiger partial charge >= 0.3 is 0 Å². The maximum absolute atomic E-state index is 5.79. The molecule has 1 nitrogen and oxygen atoms in total. The molecule has 0 fully saturated rings. The maximum Gasteiger partial charge on any atom is 0.0656 e. The molecule has 1 atom stereocenters. The minimum absolute atomic E-state index is 0.0586. The monoisotopic (exact) mass is 198 g/mol. The molecule has 1 heteroatoms. The maximum atomic E-state index is 5.79. The Labute approximate surface area is 89.5 Å². The van der Waals surface area contributed by atoms with E-state index in [4.69, 9.17) is 4.74 Å². The largest absolute Gasteiger partial charge is 0.371 e. The minimum atomic E-state index is 0.0586. The van der Waals surface area contributed by atoms with E-state index in [2.05, 4.69) is 34.3 Å². The molecule has 0 saturated heterocycles. The van der Waals surface area contributed by atoms with Gasteiger partial charge in [0.2, 0.25) is 0 Å². The summed E-state index contributed by atoms with van der Waals surface area (Å²) < 4.78 is 5.79. The Hall–Kier alpha value is -0.300. The first-order valence-electron chi connectivity index (χ1n) is 5.79. The first-order valence-corrected chi connectivity index (χ1v) is 5.79. The van der Waals surface area contributed by atoms with Gasteiger partial charge in [0.25, 0.3) is 0 Å². The molecule has 0 aliphatic heterocycles. The molecule has 0 bridgehead atoms. The van der Waals surface area contributed by atoms with Gasteiger partial charge in [-0.3, -0.25) is 0 Å². The molecule has 0 aliphatic rings. The summed E-state index contributed by atoms with van der Waals surface area (Å²) in [6.45, 7) is 13.3. The van der Waals surface area contributed by atoms with Crippen LogP contribution in [0.15, 0.2) is 12.7 Å². The third-order valence-electron chi connectivity index (χ3n) is 2.78. The lowest BCUT2D eigenvalue weighted by Crippen LogP contribution is -2.28.